The molecule has 1 aromatic rings. The number of rotatable bonds is 4. The van der Waals surface area contributed by atoms with E-state index in [0.29, 0.717) is 6.54 Å². The molecule has 2 aliphatic heterocycles. The van der Waals surface area contributed by atoms with Crippen LogP contribution in [0.15, 0.2) is 24.3 Å². The second-order valence-electron chi connectivity index (χ2n) is 7.18. The molecular formula is C18H28N2O3S. The molecule has 0 aliphatic carbocycles. The molecule has 0 aromatic heterocycles. The monoisotopic (exact) mass is 352 g/mol. The van der Waals surface area contributed by atoms with E-state index in [1.807, 2.05) is 12.1 Å². The second kappa shape index (κ2) is 7.02. The number of methoxy groups -OCH3 is 1. The maximum absolute atomic E-state index is 12.3. The van der Waals surface area contributed by atoms with E-state index in [1.54, 1.807) is 11.4 Å². The molecule has 2 heterocycles. The normalized spacial score (nSPS) is 26.6. The van der Waals surface area contributed by atoms with Crippen LogP contribution in [0.5, 0.6) is 5.75 Å². The summed E-state index contributed by atoms with van der Waals surface area (Å²) in [5.41, 5.74) is 1.05. The third-order valence-corrected chi connectivity index (χ3v) is 6.75. The van der Waals surface area contributed by atoms with Crippen LogP contribution in [-0.2, 0) is 16.6 Å². The zero-order valence-corrected chi connectivity index (χ0v) is 15.5. The molecule has 1 spiro atoms. The van der Waals surface area contributed by atoms with E-state index in [0.717, 1.165) is 57.5 Å². The molecule has 2 fully saturated rings. The lowest BCUT2D eigenvalue weighted by Gasteiger charge is -2.51. The van der Waals surface area contributed by atoms with E-state index < -0.39 is 10.0 Å². The number of piperidine rings is 2. The molecule has 0 radical (unpaired) electrons. The van der Waals surface area contributed by atoms with Crippen LogP contribution in [0.1, 0.15) is 37.7 Å². The maximum atomic E-state index is 12.3. The zero-order valence-electron chi connectivity index (χ0n) is 14.7. The Morgan fingerprint density at radius 1 is 1.08 bits per heavy atom. The Morgan fingerprint density at radius 3 is 2.46 bits per heavy atom. The Bertz CT molecular complexity index is 655. The highest BCUT2D eigenvalue weighted by Gasteiger charge is 2.45. The first-order chi connectivity index (χ1) is 11.4. The summed E-state index contributed by atoms with van der Waals surface area (Å²) in [6.07, 6.45) is 6.50. The maximum Gasteiger partial charge on any atom is 0.211 e. The molecule has 1 atom stereocenters. The van der Waals surface area contributed by atoms with Gasteiger partial charge in [-0.25, -0.2) is 8.42 Å². The fourth-order valence-electron chi connectivity index (χ4n) is 4.33. The number of likely N-dealkylation sites (tertiary alicyclic amines) is 1. The molecule has 6 heteroatoms. The molecule has 0 unspecified atom stereocenters. The molecule has 3 rings (SSSR count). The summed E-state index contributed by atoms with van der Waals surface area (Å²) < 4.78 is 31.6. The molecule has 0 amide bonds. The van der Waals surface area contributed by atoms with Crippen molar-refractivity contribution in [1.29, 1.82) is 0 Å². The van der Waals surface area contributed by atoms with Gasteiger partial charge in [-0.3, -0.25) is 4.90 Å². The SMILES string of the molecule is COc1ccc(CN2CCC[C@]3(CCCCN3S(C)(=O)=O)C2)cc1. The molecule has 2 saturated heterocycles. The van der Waals surface area contributed by atoms with Crippen LogP contribution in [0.2, 0.25) is 0 Å². The molecule has 2 aliphatic rings. The molecule has 24 heavy (non-hydrogen) atoms. The van der Waals surface area contributed by atoms with Gasteiger partial charge in [-0.2, -0.15) is 4.31 Å². The van der Waals surface area contributed by atoms with Crippen molar-refractivity contribution in [3.63, 3.8) is 0 Å². The Balaban J connectivity index is 1.74. The van der Waals surface area contributed by atoms with Gasteiger partial charge in [-0.1, -0.05) is 18.6 Å². The van der Waals surface area contributed by atoms with Crippen LogP contribution in [0.4, 0.5) is 0 Å². The van der Waals surface area contributed by atoms with Crippen molar-refractivity contribution in [2.24, 2.45) is 0 Å². The number of hydrogen-bond acceptors (Lipinski definition) is 4. The van der Waals surface area contributed by atoms with Gasteiger partial charge in [0.25, 0.3) is 0 Å². The van der Waals surface area contributed by atoms with Crippen molar-refractivity contribution in [1.82, 2.24) is 9.21 Å². The van der Waals surface area contributed by atoms with Crippen LogP contribution in [-0.4, -0.2) is 56.2 Å². The summed E-state index contributed by atoms with van der Waals surface area (Å²) in [6, 6.07) is 8.15. The average Bonchev–Trinajstić information content (AvgIpc) is 2.55. The molecule has 1 aromatic carbocycles. The third kappa shape index (κ3) is 3.76. The highest BCUT2D eigenvalue weighted by Crippen LogP contribution is 2.38. The summed E-state index contributed by atoms with van der Waals surface area (Å²) in [6.45, 7) is 3.41. The van der Waals surface area contributed by atoms with Gasteiger partial charge >= 0.3 is 0 Å². The first-order valence-corrected chi connectivity index (χ1v) is 10.6. The molecule has 134 valence electrons. The highest BCUT2D eigenvalue weighted by molar-refractivity contribution is 7.88. The van der Waals surface area contributed by atoms with Crippen LogP contribution >= 0.6 is 0 Å². The van der Waals surface area contributed by atoms with Gasteiger partial charge in [0, 0.05) is 25.2 Å². The number of sulfonamides is 1. The summed E-state index contributed by atoms with van der Waals surface area (Å²) in [5.74, 6) is 0.865. The first kappa shape index (κ1) is 17.7. The summed E-state index contributed by atoms with van der Waals surface area (Å²) in [7, 11) is -1.48. The zero-order chi connectivity index (χ0) is 17.2. The number of benzene rings is 1. The number of nitrogens with zero attached hydrogens (tertiary/aromatic N) is 2. The van der Waals surface area contributed by atoms with Gasteiger partial charge < -0.3 is 4.74 Å². The minimum Gasteiger partial charge on any atom is -0.497 e. The van der Waals surface area contributed by atoms with Gasteiger partial charge in [-0.15, -0.1) is 0 Å². The lowest BCUT2D eigenvalue weighted by atomic mass is 9.81. The molecule has 0 N–H and O–H groups in total. The van der Waals surface area contributed by atoms with Crippen LogP contribution < -0.4 is 4.74 Å². The Hall–Kier alpha value is -1.11. The minimum atomic E-state index is -3.15. The van der Waals surface area contributed by atoms with Gasteiger partial charge in [0.2, 0.25) is 10.0 Å². The molecule has 0 bridgehead atoms. The smallest absolute Gasteiger partial charge is 0.211 e. The minimum absolute atomic E-state index is 0.198. The average molecular weight is 353 g/mol. The van der Waals surface area contributed by atoms with Gasteiger partial charge in [-0.05, 0) is 49.9 Å². The molecule has 5 nitrogen and oxygen atoms in total. The first-order valence-electron chi connectivity index (χ1n) is 8.76. The van der Waals surface area contributed by atoms with Crippen molar-refractivity contribution in [3.05, 3.63) is 29.8 Å². The number of ether oxygens (including phenoxy) is 1. The van der Waals surface area contributed by atoms with Gasteiger partial charge in [0.05, 0.1) is 13.4 Å². The Kier molecular flexibility index (Phi) is 5.18. The van der Waals surface area contributed by atoms with Crippen LogP contribution in [0.3, 0.4) is 0 Å². The fourth-order valence-corrected chi connectivity index (χ4v) is 5.73. The fraction of sp³-hybridized carbons (Fsp3) is 0.667. The van der Waals surface area contributed by atoms with Crippen LogP contribution in [0.25, 0.3) is 0 Å². The van der Waals surface area contributed by atoms with Crippen LogP contribution in [0, 0.1) is 0 Å². The summed E-state index contributed by atoms with van der Waals surface area (Å²) >= 11 is 0. The third-order valence-electron chi connectivity index (χ3n) is 5.38. The van der Waals surface area contributed by atoms with Gasteiger partial charge in [0.1, 0.15) is 5.75 Å². The summed E-state index contributed by atoms with van der Waals surface area (Å²) in [4.78, 5) is 2.41. The predicted octanol–water partition coefficient (Wildman–Crippen LogP) is 2.48. The summed E-state index contributed by atoms with van der Waals surface area (Å²) in [5, 5.41) is 0. The predicted molar refractivity (Wildman–Crippen MR) is 95.6 cm³/mol. The van der Waals surface area contributed by atoms with E-state index in [-0.39, 0.29) is 5.54 Å². The van der Waals surface area contributed by atoms with E-state index in [2.05, 4.69) is 17.0 Å². The van der Waals surface area contributed by atoms with E-state index in [9.17, 15) is 8.42 Å². The topological polar surface area (TPSA) is 49.9 Å². The van der Waals surface area contributed by atoms with Crippen molar-refractivity contribution in [2.75, 3.05) is 33.0 Å². The quantitative estimate of drug-likeness (QED) is 0.835. The van der Waals surface area contributed by atoms with E-state index >= 15 is 0 Å². The van der Waals surface area contributed by atoms with Crippen molar-refractivity contribution >= 4 is 10.0 Å². The standard InChI is InChI=1S/C18H28N2O3S/c1-23-17-8-6-16(7-9-17)14-19-12-5-11-18(15-19)10-3-4-13-20(18)24(2,21)22/h6-9H,3-5,10-15H2,1-2H3/t18-/m1/s1. The largest absolute Gasteiger partial charge is 0.497 e. The Morgan fingerprint density at radius 2 is 1.79 bits per heavy atom. The van der Waals surface area contributed by atoms with E-state index in [1.165, 1.54) is 11.8 Å². The lowest BCUT2D eigenvalue weighted by molar-refractivity contribution is 0.0337. The Labute approximate surface area is 145 Å². The van der Waals surface area contributed by atoms with E-state index in [4.69, 9.17) is 4.74 Å². The van der Waals surface area contributed by atoms with Gasteiger partial charge in [0.15, 0.2) is 0 Å². The van der Waals surface area contributed by atoms with Crippen molar-refractivity contribution in [3.8, 4) is 5.75 Å². The highest BCUT2D eigenvalue weighted by atomic mass is 32.2. The number of hydrogen-bond donors (Lipinski definition) is 0. The van der Waals surface area contributed by atoms with Crippen molar-refractivity contribution in [2.45, 2.75) is 44.2 Å². The molecule has 0 saturated carbocycles. The lowest BCUT2D eigenvalue weighted by Crippen LogP contribution is -2.61. The van der Waals surface area contributed by atoms with Crippen molar-refractivity contribution < 1.29 is 13.2 Å². The molecular weight excluding hydrogens is 324 g/mol. The second-order valence-corrected chi connectivity index (χ2v) is 9.09.